The zero-order valence-corrected chi connectivity index (χ0v) is 11.0. The Bertz CT molecular complexity index is 200. The van der Waals surface area contributed by atoms with Crippen LogP contribution in [0.4, 0.5) is 0 Å². The zero-order chi connectivity index (χ0) is 12.6. The molecule has 0 rings (SSSR count). The topological polar surface area (TPSA) is 64.3 Å². The number of carbonyl (C=O) groups excluding carboxylic acids is 1. The first kappa shape index (κ1) is 15.4. The molecule has 0 saturated carbocycles. The molecule has 3 N–H and O–H groups in total. The van der Waals surface area contributed by atoms with Gasteiger partial charge < -0.3 is 15.8 Å². The molecule has 0 bridgehead atoms. The highest BCUT2D eigenvalue weighted by Crippen LogP contribution is 2.16. The van der Waals surface area contributed by atoms with Crippen LogP contribution in [-0.2, 0) is 9.53 Å². The summed E-state index contributed by atoms with van der Waals surface area (Å²) in [6.07, 6.45) is 2.19. The molecule has 0 aromatic rings. The number of carbonyl (C=O) groups is 1. The predicted octanol–water partition coefficient (Wildman–Crippen LogP) is 1.29. The zero-order valence-electron chi connectivity index (χ0n) is 11.0. The van der Waals surface area contributed by atoms with Gasteiger partial charge in [-0.3, -0.25) is 4.79 Å². The fourth-order valence-corrected chi connectivity index (χ4v) is 1.10. The van der Waals surface area contributed by atoms with Crippen LogP contribution < -0.4 is 11.1 Å². The van der Waals surface area contributed by atoms with Gasteiger partial charge >= 0.3 is 0 Å². The second-order valence-corrected chi connectivity index (χ2v) is 5.10. The summed E-state index contributed by atoms with van der Waals surface area (Å²) in [5, 5.41) is 2.78. The number of hydrogen-bond donors (Lipinski definition) is 2. The Labute approximate surface area is 98.9 Å². The summed E-state index contributed by atoms with van der Waals surface area (Å²) in [6.45, 7) is 9.83. The molecular formula is C12H26N2O2. The molecule has 0 aromatic heterocycles. The van der Waals surface area contributed by atoms with E-state index >= 15 is 0 Å². The normalized spacial score (nSPS) is 13.6. The molecule has 96 valence electrons. The summed E-state index contributed by atoms with van der Waals surface area (Å²) < 4.78 is 5.33. The number of rotatable bonds is 7. The molecule has 0 aromatic carbocycles. The Balaban J connectivity index is 3.58. The van der Waals surface area contributed by atoms with Crippen LogP contribution in [0.3, 0.4) is 0 Å². The average molecular weight is 230 g/mol. The summed E-state index contributed by atoms with van der Waals surface area (Å²) in [6, 6.07) is -0.469. The second-order valence-electron chi connectivity index (χ2n) is 5.10. The first-order valence-corrected chi connectivity index (χ1v) is 6.00. The minimum absolute atomic E-state index is 0.105. The van der Waals surface area contributed by atoms with E-state index in [1.54, 1.807) is 0 Å². The number of unbranched alkanes of at least 4 members (excludes halogenated alkanes) is 1. The van der Waals surface area contributed by atoms with Gasteiger partial charge in [0.25, 0.3) is 0 Å². The van der Waals surface area contributed by atoms with Crippen LogP contribution in [0.1, 0.15) is 40.5 Å². The lowest BCUT2D eigenvalue weighted by molar-refractivity contribution is -0.124. The summed E-state index contributed by atoms with van der Waals surface area (Å²) in [5.74, 6) is -0.105. The van der Waals surface area contributed by atoms with Gasteiger partial charge in [-0.1, -0.05) is 34.1 Å². The van der Waals surface area contributed by atoms with E-state index in [-0.39, 0.29) is 11.3 Å². The van der Waals surface area contributed by atoms with Crippen molar-refractivity contribution in [2.75, 3.05) is 19.8 Å². The van der Waals surface area contributed by atoms with Crippen molar-refractivity contribution >= 4 is 5.91 Å². The van der Waals surface area contributed by atoms with Gasteiger partial charge in [0.05, 0.1) is 12.6 Å². The molecule has 0 aliphatic heterocycles. The van der Waals surface area contributed by atoms with Crippen molar-refractivity contribution in [2.45, 2.75) is 46.6 Å². The molecule has 0 spiro atoms. The molecule has 4 nitrogen and oxygen atoms in total. The molecule has 0 saturated heterocycles. The van der Waals surface area contributed by atoms with Gasteiger partial charge in [-0.2, -0.15) is 0 Å². The molecule has 0 unspecified atom stereocenters. The highest BCUT2D eigenvalue weighted by atomic mass is 16.5. The highest BCUT2D eigenvalue weighted by Gasteiger charge is 2.26. The lowest BCUT2D eigenvalue weighted by Gasteiger charge is -2.25. The van der Waals surface area contributed by atoms with Crippen molar-refractivity contribution in [3.05, 3.63) is 0 Å². The summed E-state index contributed by atoms with van der Waals surface area (Å²) in [4.78, 5) is 11.6. The average Bonchev–Trinajstić information content (AvgIpc) is 2.20. The van der Waals surface area contributed by atoms with Gasteiger partial charge in [-0.15, -0.1) is 0 Å². The predicted molar refractivity (Wildman–Crippen MR) is 66.2 cm³/mol. The SMILES string of the molecule is CCCCOCCNC(=O)[C@@H](N)C(C)(C)C. The van der Waals surface area contributed by atoms with Gasteiger partial charge in [0, 0.05) is 13.2 Å². The molecule has 0 heterocycles. The number of ether oxygens (including phenoxy) is 1. The molecule has 4 heteroatoms. The van der Waals surface area contributed by atoms with Crippen LogP contribution in [0.2, 0.25) is 0 Å². The lowest BCUT2D eigenvalue weighted by atomic mass is 9.87. The first-order valence-electron chi connectivity index (χ1n) is 6.00. The van der Waals surface area contributed by atoms with Crippen molar-refractivity contribution < 1.29 is 9.53 Å². The fraction of sp³-hybridized carbons (Fsp3) is 0.917. The summed E-state index contributed by atoms with van der Waals surface area (Å²) in [5.41, 5.74) is 5.60. The van der Waals surface area contributed by atoms with E-state index in [4.69, 9.17) is 10.5 Å². The molecule has 0 aliphatic rings. The van der Waals surface area contributed by atoms with Crippen LogP contribution in [0.5, 0.6) is 0 Å². The summed E-state index contributed by atoms with van der Waals surface area (Å²) >= 11 is 0. The van der Waals surface area contributed by atoms with E-state index < -0.39 is 6.04 Å². The third-order valence-corrected chi connectivity index (χ3v) is 2.40. The monoisotopic (exact) mass is 230 g/mol. The van der Waals surface area contributed by atoms with Crippen LogP contribution in [0.25, 0.3) is 0 Å². The molecule has 0 aliphatic carbocycles. The largest absolute Gasteiger partial charge is 0.380 e. The highest BCUT2D eigenvalue weighted by molar-refractivity contribution is 5.82. The van der Waals surface area contributed by atoms with E-state index in [1.807, 2.05) is 20.8 Å². The number of hydrogen-bond acceptors (Lipinski definition) is 3. The molecule has 0 radical (unpaired) electrons. The minimum Gasteiger partial charge on any atom is -0.380 e. The maximum atomic E-state index is 11.6. The second kappa shape index (κ2) is 7.63. The van der Waals surface area contributed by atoms with E-state index in [1.165, 1.54) is 0 Å². The third-order valence-electron chi connectivity index (χ3n) is 2.40. The molecule has 0 fully saturated rings. The van der Waals surface area contributed by atoms with Gasteiger partial charge in [0.2, 0.25) is 5.91 Å². The van der Waals surface area contributed by atoms with Crippen LogP contribution in [0.15, 0.2) is 0 Å². The quantitative estimate of drug-likeness (QED) is 0.648. The third kappa shape index (κ3) is 6.80. The lowest BCUT2D eigenvalue weighted by Crippen LogP contribution is -2.49. The Morgan fingerprint density at radius 2 is 2.00 bits per heavy atom. The smallest absolute Gasteiger partial charge is 0.237 e. The van der Waals surface area contributed by atoms with E-state index in [0.29, 0.717) is 13.2 Å². The van der Waals surface area contributed by atoms with E-state index in [9.17, 15) is 4.79 Å². The Morgan fingerprint density at radius 1 is 1.38 bits per heavy atom. The van der Waals surface area contributed by atoms with Crippen molar-refractivity contribution in [3.63, 3.8) is 0 Å². The summed E-state index contributed by atoms with van der Waals surface area (Å²) in [7, 11) is 0. The van der Waals surface area contributed by atoms with Crippen molar-refractivity contribution in [1.29, 1.82) is 0 Å². The van der Waals surface area contributed by atoms with Crippen molar-refractivity contribution in [3.8, 4) is 0 Å². The fourth-order valence-electron chi connectivity index (χ4n) is 1.10. The van der Waals surface area contributed by atoms with E-state index in [0.717, 1.165) is 19.4 Å². The molecule has 1 amide bonds. The van der Waals surface area contributed by atoms with Crippen LogP contribution in [0, 0.1) is 5.41 Å². The first-order chi connectivity index (χ1) is 7.39. The Hall–Kier alpha value is -0.610. The van der Waals surface area contributed by atoms with Crippen molar-refractivity contribution in [2.24, 2.45) is 11.1 Å². The van der Waals surface area contributed by atoms with Crippen LogP contribution >= 0.6 is 0 Å². The number of nitrogens with two attached hydrogens (primary N) is 1. The van der Waals surface area contributed by atoms with Gasteiger partial charge in [-0.05, 0) is 11.8 Å². The van der Waals surface area contributed by atoms with E-state index in [2.05, 4.69) is 12.2 Å². The molecule has 16 heavy (non-hydrogen) atoms. The van der Waals surface area contributed by atoms with Gasteiger partial charge in [0.1, 0.15) is 0 Å². The number of nitrogens with one attached hydrogen (secondary N) is 1. The van der Waals surface area contributed by atoms with Crippen molar-refractivity contribution in [1.82, 2.24) is 5.32 Å². The van der Waals surface area contributed by atoms with Crippen LogP contribution in [-0.4, -0.2) is 31.7 Å². The Kier molecular flexibility index (Phi) is 7.34. The molecular weight excluding hydrogens is 204 g/mol. The standard InChI is InChI=1S/C12H26N2O2/c1-5-6-8-16-9-7-14-11(15)10(13)12(2,3)4/h10H,5-9,13H2,1-4H3,(H,14,15)/t10-/m1/s1. The molecule has 1 atom stereocenters. The maximum absolute atomic E-state index is 11.6. The van der Waals surface area contributed by atoms with Gasteiger partial charge in [-0.25, -0.2) is 0 Å². The number of amides is 1. The van der Waals surface area contributed by atoms with Gasteiger partial charge in [0.15, 0.2) is 0 Å². The maximum Gasteiger partial charge on any atom is 0.237 e. The Morgan fingerprint density at radius 3 is 2.50 bits per heavy atom. The minimum atomic E-state index is -0.469.